The van der Waals surface area contributed by atoms with Crippen LogP contribution in [0.15, 0.2) is 0 Å². The number of hydrogen-bond acceptors (Lipinski definition) is 1. The molecule has 0 saturated carbocycles. The van der Waals surface area contributed by atoms with E-state index in [1.807, 2.05) is 0 Å². The second-order valence-corrected chi connectivity index (χ2v) is 2.13. The monoisotopic (exact) mass is 191 g/mol. The summed E-state index contributed by atoms with van der Waals surface area (Å²) in [5, 5.41) is 1.34. The van der Waals surface area contributed by atoms with Crippen LogP contribution < -0.4 is 5.32 Å². The number of hydrogen-bond donors (Lipinski definition) is 1. The molecule has 0 rings (SSSR count). The fourth-order valence-electron chi connectivity index (χ4n) is 0.452. The van der Waals surface area contributed by atoms with Gasteiger partial charge < -0.3 is 5.32 Å². The molecule has 1 N–H and O–H groups in total. The highest BCUT2D eigenvalue weighted by molar-refractivity contribution is 5.46. The molecule has 0 bridgehead atoms. The minimum Gasteiger partial charge on any atom is -0.350 e. The van der Waals surface area contributed by atoms with Gasteiger partial charge in [0.25, 0.3) is 0 Å². The predicted octanol–water partition coefficient (Wildman–Crippen LogP) is 1.32. The Balaban J connectivity index is 4.48. The molecule has 1 amide bonds. The van der Waals surface area contributed by atoms with Crippen molar-refractivity contribution in [1.29, 1.82) is 0 Å². The Labute approximate surface area is 64.7 Å². The maximum atomic E-state index is 12.2. The lowest BCUT2D eigenvalue weighted by molar-refractivity contribution is -0.290. The lowest BCUT2D eigenvalue weighted by Crippen LogP contribution is -2.51. The second kappa shape index (κ2) is 3.24. The molecule has 0 aromatic heterocycles. The molecule has 12 heavy (non-hydrogen) atoms. The van der Waals surface area contributed by atoms with E-state index in [4.69, 9.17) is 0 Å². The summed E-state index contributed by atoms with van der Waals surface area (Å²) >= 11 is 0. The first-order chi connectivity index (χ1) is 5.23. The molecule has 0 saturated heterocycles. The topological polar surface area (TPSA) is 29.1 Å². The van der Waals surface area contributed by atoms with Crippen molar-refractivity contribution in [3.05, 3.63) is 0 Å². The van der Waals surface area contributed by atoms with E-state index < -0.39 is 18.1 Å². The summed E-state index contributed by atoms with van der Waals surface area (Å²) in [6.45, 7) is 0.571. The lowest BCUT2D eigenvalue weighted by Gasteiger charge is -2.24. The van der Waals surface area contributed by atoms with E-state index in [9.17, 15) is 26.7 Å². The number of halogens is 5. The van der Waals surface area contributed by atoms with Crippen LogP contribution >= 0.6 is 0 Å². The lowest BCUT2D eigenvalue weighted by atomic mass is 10.2. The standard InChI is InChI=1S/C5H6F5NO/c1-3(11-2-12)4(6,7)5(8,9)10/h2-3H,1H3,(H,11,12). The van der Waals surface area contributed by atoms with Crippen molar-refractivity contribution < 1.29 is 26.7 Å². The zero-order valence-electron chi connectivity index (χ0n) is 5.95. The SMILES string of the molecule is CC(NC=O)C(F)(F)C(F)(F)F. The number of rotatable bonds is 3. The average Bonchev–Trinajstić information content (AvgIpc) is 1.85. The van der Waals surface area contributed by atoms with Crippen molar-refractivity contribution in [2.24, 2.45) is 0 Å². The van der Waals surface area contributed by atoms with E-state index in [1.54, 1.807) is 0 Å². The third-order valence-electron chi connectivity index (χ3n) is 1.24. The highest BCUT2D eigenvalue weighted by Crippen LogP contribution is 2.37. The molecule has 1 unspecified atom stereocenters. The fourth-order valence-corrected chi connectivity index (χ4v) is 0.452. The molecule has 0 aliphatic carbocycles. The van der Waals surface area contributed by atoms with Gasteiger partial charge in [-0.25, -0.2) is 0 Å². The van der Waals surface area contributed by atoms with Crippen molar-refractivity contribution in [3.8, 4) is 0 Å². The molecule has 0 spiro atoms. The Morgan fingerprint density at radius 2 is 1.67 bits per heavy atom. The van der Waals surface area contributed by atoms with Gasteiger partial charge in [0.1, 0.15) is 0 Å². The van der Waals surface area contributed by atoms with Gasteiger partial charge >= 0.3 is 12.1 Å². The minimum absolute atomic E-state index is 0.204. The van der Waals surface area contributed by atoms with Crippen LogP contribution in [0.25, 0.3) is 0 Å². The summed E-state index contributed by atoms with van der Waals surface area (Å²) in [6.07, 6.45) is -5.84. The molecule has 0 heterocycles. The van der Waals surface area contributed by atoms with Crippen LogP contribution in [0.5, 0.6) is 0 Å². The van der Waals surface area contributed by atoms with Crippen molar-refractivity contribution >= 4 is 6.41 Å². The highest BCUT2D eigenvalue weighted by Gasteiger charge is 2.60. The molecule has 0 aromatic carbocycles. The Bertz CT molecular complexity index is 166. The van der Waals surface area contributed by atoms with Crippen molar-refractivity contribution in [3.63, 3.8) is 0 Å². The molecule has 0 aliphatic rings. The summed E-state index contributed by atoms with van der Waals surface area (Å²) in [4.78, 5) is 9.58. The smallest absolute Gasteiger partial charge is 0.350 e. The van der Waals surface area contributed by atoms with E-state index in [-0.39, 0.29) is 6.41 Å². The van der Waals surface area contributed by atoms with Gasteiger partial charge in [0, 0.05) is 0 Å². The van der Waals surface area contributed by atoms with Crippen molar-refractivity contribution in [2.45, 2.75) is 25.1 Å². The molecule has 0 fully saturated rings. The Hall–Kier alpha value is -0.880. The number of nitrogens with one attached hydrogen (secondary N) is 1. The van der Waals surface area contributed by atoms with E-state index in [1.165, 1.54) is 5.32 Å². The van der Waals surface area contributed by atoms with E-state index >= 15 is 0 Å². The van der Waals surface area contributed by atoms with E-state index in [2.05, 4.69) is 0 Å². The van der Waals surface area contributed by atoms with Crippen LogP contribution in [0.1, 0.15) is 6.92 Å². The number of carbonyl (C=O) groups excluding carboxylic acids is 1. The van der Waals surface area contributed by atoms with Gasteiger partial charge in [-0.3, -0.25) is 4.79 Å². The normalized spacial score (nSPS) is 15.5. The number of carbonyl (C=O) groups is 1. The first-order valence-electron chi connectivity index (χ1n) is 2.87. The molecular formula is C5H6F5NO. The van der Waals surface area contributed by atoms with Crippen LogP contribution in [-0.4, -0.2) is 24.6 Å². The van der Waals surface area contributed by atoms with Crippen LogP contribution in [0.2, 0.25) is 0 Å². The highest BCUT2D eigenvalue weighted by atomic mass is 19.4. The Morgan fingerprint density at radius 3 is 1.92 bits per heavy atom. The second-order valence-electron chi connectivity index (χ2n) is 2.13. The fraction of sp³-hybridized carbons (Fsp3) is 0.800. The molecule has 1 atom stereocenters. The van der Waals surface area contributed by atoms with Gasteiger partial charge in [0.15, 0.2) is 0 Å². The van der Waals surface area contributed by atoms with Crippen molar-refractivity contribution in [1.82, 2.24) is 5.32 Å². The molecule has 0 radical (unpaired) electrons. The van der Waals surface area contributed by atoms with Gasteiger partial charge in [-0.2, -0.15) is 22.0 Å². The molecule has 0 aromatic rings. The molecule has 7 heteroatoms. The third-order valence-corrected chi connectivity index (χ3v) is 1.24. The molecule has 0 aliphatic heterocycles. The quantitative estimate of drug-likeness (QED) is 0.529. The van der Waals surface area contributed by atoms with Gasteiger partial charge in [0.05, 0.1) is 6.04 Å². The largest absolute Gasteiger partial charge is 0.455 e. The van der Waals surface area contributed by atoms with Crippen LogP contribution in [0.3, 0.4) is 0 Å². The first kappa shape index (κ1) is 11.1. The summed E-state index contributed by atoms with van der Waals surface area (Å²) in [7, 11) is 0. The van der Waals surface area contributed by atoms with Gasteiger partial charge in [0.2, 0.25) is 6.41 Å². The first-order valence-corrected chi connectivity index (χ1v) is 2.87. The zero-order valence-corrected chi connectivity index (χ0v) is 5.95. The van der Waals surface area contributed by atoms with Gasteiger partial charge in [-0.1, -0.05) is 0 Å². The molecule has 72 valence electrons. The third kappa shape index (κ3) is 2.05. The van der Waals surface area contributed by atoms with Gasteiger partial charge in [-0.15, -0.1) is 0 Å². The predicted molar refractivity (Wildman–Crippen MR) is 29.7 cm³/mol. The summed E-state index contributed by atoms with van der Waals surface area (Å²) in [6, 6.07) is -2.25. The molecular weight excluding hydrogens is 185 g/mol. The van der Waals surface area contributed by atoms with Crippen LogP contribution in [0.4, 0.5) is 22.0 Å². The van der Waals surface area contributed by atoms with Crippen LogP contribution in [-0.2, 0) is 4.79 Å². The Morgan fingerprint density at radius 1 is 1.25 bits per heavy atom. The average molecular weight is 191 g/mol. The Kier molecular flexibility index (Phi) is 3.00. The maximum Gasteiger partial charge on any atom is 0.455 e. The van der Waals surface area contributed by atoms with Crippen LogP contribution in [0, 0.1) is 0 Å². The van der Waals surface area contributed by atoms with E-state index in [0.29, 0.717) is 6.92 Å². The number of alkyl halides is 5. The maximum absolute atomic E-state index is 12.2. The van der Waals surface area contributed by atoms with Crippen molar-refractivity contribution in [2.75, 3.05) is 0 Å². The zero-order chi connectivity index (χ0) is 9.99. The summed E-state index contributed by atoms with van der Waals surface area (Å²) in [5.74, 6) is -4.89. The minimum atomic E-state index is -5.64. The summed E-state index contributed by atoms with van der Waals surface area (Å²) < 4.78 is 58.8. The van der Waals surface area contributed by atoms with Gasteiger partial charge in [-0.05, 0) is 6.92 Å². The van der Waals surface area contributed by atoms with E-state index in [0.717, 1.165) is 0 Å². The number of amides is 1. The molecule has 2 nitrogen and oxygen atoms in total. The summed E-state index contributed by atoms with van der Waals surface area (Å²) in [5.41, 5.74) is 0.